The molecule has 0 saturated carbocycles. The highest BCUT2D eigenvalue weighted by Gasteiger charge is 2.05. The Labute approximate surface area is 126 Å². The fourth-order valence-corrected chi connectivity index (χ4v) is 3.05. The summed E-state index contributed by atoms with van der Waals surface area (Å²) in [5.74, 6) is 0.706. The highest BCUT2D eigenvalue weighted by molar-refractivity contribution is 7.15. The average molecular weight is 288 g/mol. The topological polar surface area (TPSA) is 24.9 Å². The molecule has 2 aromatic rings. The van der Waals surface area contributed by atoms with Crippen LogP contribution in [0.15, 0.2) is 30.5 Å². The van der Waals surface area contributed by atoms with Gasteiger partial charge in [-0.25, -0.2) is 4.98 Å². The Hall–Kier alpha value is -1.19. The normalized spacial score (nSPS) is 11.2. The van der Waals surface area contributed by atoms with Gasteiger partial charge in [-0.1, -0.05) is 45.0 Å². The Morgan fingerprint density at radius 1 is 1.20 bits per heavy atom. The molecule has 0 unspecified atom stereocenters. The molecule has 0 amide bonds. The number of nitrogens with zero attached hydrogens (tertiary/aromatic N) is 1. The van der Waals surface area contributed by atoms with E-state index in [1.54, 1.807) is 11.3 Å². The number of nitrogens with one attached hydrogen (secondary N) is 1. The lowest BCUT2D eigenvalue weighted by atomic mass is 10.0. The van der Waals surface area contributed by atoms with E-state index in [0.717, 1.165) is 24.5 Å². The minimum absolute atomic E-state index is 0.706. The number of thiazole rings is 1. The van der Waals surface area contributed by atoms with Gasteiger partial charge < -0.3 is 5.32 Å². The van der Waals surface area contributed by atoms with Crippen LogP contribution in [0.3, 0.4) is 0 Å². The van der Waals surface area contributed by atoms with Gasteiger partial charge in [0.2, 0.25) is 0 Å². The van der Waals surface area contributed by atoms with Gasteiger partial charge in [-0.05, 0) is 30.9 Å². The predicted octanol–water partition coefficient (Wildman–Crippen LogP) is 4.51. The second-order valence-electron chi connectivity index (χ2n) is 5.60. The Morgan fingerprint density at radius 3 is 2.60 bits per heavy atom. The molecule has 0 aliphatic rings. The van der Waals surface area contributed by atoms with Crippen LogP contribution < -0.4 is 5.32 Å². The van der Waals surface area contributed by atoms with E-state index < -0.39 is 0 Å². The first-order chi connectivity index (χ1) is 9.69. The molecule has 0 fully saturated rings. The molecule has 0 bridgehead atoms. The second kappa shape index (κ2) is 7.55. The van der Waals surface area contributed by atoms with E-state index in [1.165, 1.54) is 22.4 Å². The summed E-state index contributed by atoms with van der Waals surface area (Å²) in [6.07, 6.45) is 4.30. The molecule has 0 radical (unpaired) electrons. The van der Waals surface area contributed by atoms with Crippen LogP contribution in [-0.2, 0) is 13.0 Å². The van der Waals surface area contributed by atoms with Crippen LogP contribution in [0.25, 0.3) is 10.6 Å². The third kappa shape index (κ3) is 4.43. The highest BCUT2D eigenvalue weighted by atomic mass is 32.1. The lowest BCUT2D eigenvalue weighted by Crippen LogP contribution is -2.12. The number of aromatic nitrogens is 1. The summed E-state index contributed by atoms with van der Waals surface area (Å²) < 4.78 is 0. The van der Waals surface area contributed by atoms with Gasteiger partial charge in [-0.15, -0.1) is 11.3 Å². The Balaban J connectivity index is 2.00. The standard InChI is InChI=1S/C17H24N2S/c1-4-9-18-11-16-12-19-17(20-16)15-7-5-14(6-8-15)10-13(2)3/h5-8,12-13,18H,4,9-11H2,1-3H3. The fraction of sp³-hybridized carbons (Fsp3) is 0.471. The molecule has 0 saturated heterocycles. The smallest absolute Gasteiger partial charge is 0.123 e. The van der Waals surface area contributed by atoms with E-state index in [-0.39, 0.29) is 0 Å². The number of rotatable bonds is 7. The van der Waals surface area contributed by atoms with Gasteiger partial charge in [-0.3, -0.25) is 0 Å². The van der Waals surface area contributed by atoms with Crippen LogP contribution in [0.4, 0.5) is 0 Å². The molecule has 1 N–H and O–H groups in total. The largest absolute Gasteiger partial charge is 0.312 e. The van der Waals surface area contributed by atoms with Gasteiger partial charge in [0, 0.05) is 23.2 Å². The quantitative estimate of drug-likeness (QED) is 0.758. The summed E-state index contributed by atoms with van der Waals surface area (Å²) in [6.45, 7) is 8.69. The molecule has 2 nitrogen and oxygen atoms in total. The molecule has 1 aromatic carbocycles. The number of hydrogen-bond acceptors (Lipinski definition) is 3. The van der Waals surface area contributed by atoms with Crippen molar-refractivity contribution in [2.45, 2.75) is 40.2 Å². The second-order valence-corrected chi connectivity index (χ2v) is 6.72. The predicted molar refractivity (Wildman–Crippen MR) is 88.1 cm³/mol. The minimum atomic E-state index is 0.706. The van der Waals surface area contributed by atoms with Gasteiger partial charge in [0.1, 0.15) is 5.01 Å². The third-order valence-electron chi connectivity index (χ3n) is 3.12. The minimum Gasteiger partial charge on any atom is -0.312 e. The van der Waals surface area contributed by atoms with Crippen molar-refractivity contribution in [3.8, 4) is 10.6 Å². The van der Waals surface area contributed by atoms with Crippen LogP contribution in [0.1, 0.15) is 37.6 Å². The van der Waals surface area contributed by atoms with Crippen LogP contribution >= 0.6 is 11.3 Å². The molecule has 20 heavy (non-hydrogen) atoms. The van der Waals surface area contributed by atoms with E-state index in [9.17, 15) is 0 Å². The zero-order chi connectivity index (χ0) is 14.4. The summed E-state index contributed by atoms with van der Waals surface area (Å²) in [7, 11) is 0. The molecular formula is C17H24N2S. The summed E-state index contributed by atoms with van der Waals surface area (Å²) in [5.41, 5.74) is 2.63. The maximum atomic E-state index is 4.53. The zero-order valence-electron chi connectivity index (χ0n) is 12.6. The number of hydrogen-bond donors (Lipinski definition) is 1. The van der Waals surface area contributed by atoms with Gasteiger partial charge in [0.15, 0.2) is 0 Å². The summed E-state index contributed by atoms with van der Waals surface area (Å²) in [4.78, 5) is 5.84. The summed E-state index contributed by atoms with van der Waals surface area (Å²) in [6, 6.07) is 8.84. The van der Waals surface area contributed by atoms with E-state index in [0.29, 0.717) is 5.92 Å². The van der Waals surface area contributed by atoms with Crippen LogP contribution in [0.2, 0.25) is 0 Å². The van der Waals surface area contributed by atoms with Gasteiger partial charge in [-0.2, -0.15) is 0 Å². The van der Waals surface area contributed by atoms with E-state index >= 15 is 0 Å². The summed E-state index contributed by atoms with van der Waals surface area (Å²) >= 11 is 1.78. The highest BCUT2D eigenvalue weighted by Crippen LogP contribution is 2.25. The Kier molecular flexibility index (Phi) is 5.74. The first-order valence-corrected chi connectivity index (χ1v) is 8.25. The third-order valence-corrected chi connectivity index (χ3v) is 4.17. The molecule has 2 rings (SSSR count). The first-order valence-electron chi connectivity index (χ1n) is 7.43. The fourth-order valence-electron chi connectivity index (χ4n) is 2.17. The molecule has 0 atom stereocenters. The van der Waals surface area contributed by atoms with Gasteiger partial charge in [0.05, 0.1) is 0 Å². The monoisotopic (exact) mass is 288 g/mol. The number of benzene rings is 1. The van der Waals surface area contributed by atoms with Crippen molar-refractivity contribution in [1.82, 2.24) is 10.3 Å². The maximum absolute atomic E-state index is 4.53. The SMILES string of the molecule is CCCNCc1cnc(-c2ccc(CC(C)C)cc2)s1. The van der Waals surface area contributed by atoms with Crippen LogP contribution in [0, 0.1) is 5.92 Å². The molecule has 3 heteroatoms. The zero-order valence-corrected chi connectivity index (χ0v) is 13.5. The molecule has 0 aliphatic carbocycles. The average Bonchev–Trinajstić information content (AvgIpc) is 2.88. The Morgan fingerprint density at radius 2 is 1.95 bits per heavy atom. The van der Waals surface area contributed by atoms with E-state index in [2.05, 4.69) is 55.3 Å². The maximum Gasteiger partial charge on any atom is 0.123 e. The van der Waals surface area contributed by atoms with Crippen molar-refractivity contribution >= 4 is 11.3 Å². The first kappa shape index (κ1) is 15.2. The van der Waals surface area contributed by atoms with Crippen molar-refractivity contribution in [2.75, 3.05) is 6.54 Å². The van der Waals surface area contributed by atoms with Gasteiger partial charge in [0.25, 0.3) is 0 Å². The van der Waals surface area contributed by atoms with Crippen LogP contribution in [-0.4, -0.2) is 11.5 Å². The Bertz CT molecular complexity index is 514. The lowest BCUT2D eigenvalue weighted by Gasteiger charge is -2.05. The molecule has 108 valence electrons. The van der Waals surface area contributed by atoms with Crippen LogP contribution in [0.5, 0.6) is 0 Å². The van der Waals surface area contributed by atoms with Crippen molar-refractivity contribution < 1.29 is 0 Å². The van der Waals surface area contributed by atoms with E-state index in [1.807, 2.05) is 6.20 Å². The summed E-state index contributed by atoms with van der Waals surface area (Å²) in [5, 5.41) is 4.54. The molecule has 0 spiro atoms. The molecular weight excluding hydrogens is 264 g/mol. The van der Waals surface area contributed by atoms with Crippen molar-refractivity contribution in [3.63, 3.8) is 0 Å². The molecule has 1 heterocycles. The van der Waals surface area contributed by atoms with Crippen molar-refractivity contribution in [2.24, 2.45) is 5.92 Å². The lowest BCUT2D eigenvalue weighted by molar-refractivity contribution is 0.647. The van der Waals surface area contributed by atoms with E-state index in [4.69, 9.17) is 0 Å². The molecule has 0 aliphatic heterocycles. The molecule has 1 aromatic heterocycles. The van der Waals surface area contributed by atoms with Crippen molar-refractivity contribution in [3.05, 3.63) is 40.9 Å². The van der Waals surface area contributed by atoms with Gasteiger partial charge >= 0.3 is 0 Å². The van der Waals surface area contributed by atoms with Crippen molar-refractivity contribution in [1.29, 1.82) is 0 Å².